The van der Waals surface area contributed by atoms with Crippen molar-refractivity contribution in [3.05, 3.63) is 28.6 Å². The number of aromatic carboxylic acids is 1. The number of carboxylic acid groups (broad SMARTS) is 1. The Morgan fingerprint density at radius 3 is 2.69 bits per heavy atom. The molecule has 0 fully saturated rings. The smallest absolute Gasteiger partial charge is 0.339 e. The van der Waals surface area contributed by atoms with E-state index >= 15 is 0 Å². The largest absolute Gasteiger partial charge is 0.478 e. The molecule has 0 unspecified atom stereocenters. The number of alkyl halides is 2. The fourth-order valence-corrected chi connectivity index (χ4v) is 1.20. The maximum absolute atomic E-state index is 12.6. The Morgan fingerprint density at radius 2 is 2.31 bits per heavy atom. The molecule has 3 N–H and O–H groups in total. The van der Waals surface area contributed by atoms with Crippen LogP contribution in [0.25, 0.3) is 0 Å². The Hall–Kier alpha value is -2.07. The van der Waals surface area contributed by atoms with Crippen LogP contribution in [0.4, 0.5) is 8.78 Å². The highest BCUT2D eigenvalue weighted by Gasteiger charge is 2.23. The Labute approximate surface area is 89.1 Å². The van der Waals surface area contributed by atoms with Gasteiger partial charge in [-0.2, -0.15) is 5.26 Å². The number of pyridine rings is 1. The first kappa shape index (κ1) is 12.0. The number of carbonyl (C=O) groups is 1. The van der Waals surface area contributed by atoms with Crippen LogP contribution < -0.4 is 5.73 Å². The molecule has 0 atom stereocenters. The molecule has 1 rings (SSSR count). The van der Waals surface area contributed by atoms with E-state index in [1.807, 2.05) is 0 Å². The van der Waals surface area contributed by atoms with E-state index in [2.05, 4.69) is 4.98 Å². The van der Waals surface area contributed by atoms with Crippen LogP contribution >= 0.6 is 0 Å². The summed E-state index contributed by atoms with van der Waals surface area (Å²) in [5.41, 5.74) is 3.20. The number of rotatable bonds is 3. The van der Waals surface area contributed by atoms with E-state index in [-0.39, 0.29) is 12.2 Å². The molecule has 1 heterocycles. The van der Waals surface area contributed by atoms with Crippen molar-refractivity contribution in [3.8, 4) is 6.07 Å². The van der Waals surface area contributed by atoms with Gasteiger partial charge in [0.1, 0.15) is 11.6 Å². The minimum atomic E-state index is -2.99. The number of aromatic nitrogens is 1. The van der Waals surface area contributed by atoms with Crippen molar-refractivity contribution in [1.29, 1.82) is 5.26 Å². The quantitative estimate of drug-likeness (QED) is 0.803. The fraction of sp³-hybridized carbons (Fsp3) is 0.222. The van der Waals surface area contributed by atoms with Crippen LogP contribution in [0.15, 0.2) is 6.07 Å². The molecule has 16 heavy (non-hydrogen) atoms. The Bertz CT molecular complexity index is 469. The van der Waals surface area contributed by atoms with Gasteiger partial charge in [-0.3, -0.25) is 0 Å². The van der Waals surface area contributed by atoms with E-state index < -0.39 is 29.2 Å². The lowest BCUT2D eigenvalue weighted by molar-refractivity contribution is 0.0683. The molecule has 0 amide bonds. The van der Waals surface area contributed by atoms with Gasteiger partial charge in [0.05, 0.1) is 5.69 Å². The predicted octanol–water partition coefficient (Wildman–Crippen LogP) is 1.05. The lowest BCUT2D eigenvalue weighted by Crippen LogP contribution is -2.12. The molecule has 0 radical (unpaired) electrons. The zero-order valence-corrected chi connectivity index (χ0v) is 7.94. The number of halogens is 2. The van der Waals surface area contributed by atoms with Crippen LogP contribution in [0, 0.1) is 11.3 Å². The summed E-state index contributed by atoms with van der Waals surface area (Å²) in [5, 5.41) is 17.4. The molecule has 0 saturated heterocycles. The number of nitrogens with two attached hydrogens (primary N) is 1. The summed E-state index contributed by atoms with van der Waals surface area (Å²) in [7, 11) is 0. The monoisotopic (exact) mass is 227 g/mol. The van der Waals surface area contributed by atoms with E-state index in [9.17, 15) is 13.6 Å². The molecule has 0 aliphatic rings. The second kappa shape index (κ2) is 4.63. The molecule has 0 aliphatic carbocycles. The topological polar surface area (TPSA) is 100 Å². The lowest BCUT2D eigenvalue weighted by Gasteiger charge is -2.08. The highest BCUT2D eigenvalue weighted by atomic mass is 19.3. The van der Waals surface area contributed by atoms with Gasteiger partial charge in [0, 0.05) is 12.1 Å². The second-order valence-corrected chi connectivity index (χ2v) is 2.85. The van der Waals surface area contributed by atoms with Crippen LogP contribution in [0.3, 0.4) is 0 Å². The van der Waals surface area contributed by atoms with E-state index in [4.69, 9.17) is 16.1 Å². The van der Waals surface area contributed by atoms with Gasteiger partial charge in [-0.1, -0.05) is 0 Å². The van der Waals surface area contributed by atoms with Crippen LogP contribution in [-0.2, 0) is 6.54 Å². The van der Waals surface area contributed by atoms with Crippen molar-refractivity contribution >= 4 is 5.97 Å². The van der Waals surface area contributed by atoms with Gasteiger partial charge in [0.15, 0.2) is 5.69 Å². The Morgan fingerprint density at radius 1 is 1.69 bits per heavy atom. The first-order valence-electron chi connectivity index (χ1n) is 4.16. The molecule has 0 aliphatic heterocycles. The van der Waals surface area contributed by atoms with E-state index in [1.165, 1.54) is 6.07 Å². The van der Waals surface area contributed by atoms with Gasteiger partial charge in [-0.15, -0.1) is 0 Å². The van der Waals surface area contributed by atoms with Crippen LogP contribution in [0.5, 0.6) is 0 Å². The number of nitriles is 1. The molecule has 84 valence electrons. The second-order valence-electron chi connectivity index (χ2n) is 2.85. The van der Waals surface area contributed by atoms with Gasteiger partial charge >= 0.3 is 5.97 Å². The number of nitrogens with zero attached hydrogens (tertiary/aromatic N) is 2. The normalized spacial score (nSPS) is 10.2. The molecular weight excluding hydrogens is 220 g/mol. The minimum Gasteiger partial charge on any atom is -0.478 e. The van der Waals surface area contributed by atoms with E-state index in [0.29, 0.717) is 0 Å². The van der Waals surface area contributed by atoms with Crippen LogP contribution in [-0.4, -0.2) is 16.1 Å². The van der Waals surface area contributed by atoms with E-state index in [0.717, 1.165) is 6.07 Å². The van der Waals surface area contributed by atoms with Gasteiger partial charge in [0.2, 0.25) is 0 Å². The van der Waals surface area contributed by atoms with Crippen LogP contribution in [0.2, 0.25) is 0 Å². The molecule has 0 aromatic carbocycles. The third-order valence-corrected chi connectivity index (χ3v) is 1.87. The summed E-state index contributed by atoms with van der Waals surface area (Å²) >= 11 is 0. The first-order chi connectivity index (χ1) is 7.51. The van der Waals surface area contributed by atoms with Crippen LogP contribution in [0.1, 0.15) is 33.7 Å². The summed E-state index contributed by atoms with van der Waals surface area (Å²) in [4.78, 5) is 14.3. The molecule has 0 spiro atoms. The summed E-state index contributed by atoms with van der Waals surface area (Å²) in [6.45, 7) is -0.145. The molecular formula is C9H7F2N3O2. The SMILES string of the molecule is N#Cc1nc(CN)cc(C(F)F)c1C(=O)O. The average Bonchev–Trinajstić information content (AvgIpc) is 2.26. The van der Waals surface area contributed by atoms with Gasteiger partial charge < -0.3 is 10.8 Å². The third-order valence-electron chi connectivity index (χ3n) is 1.87. The highest BCUT2D eigenvalue weighted by molar-refractivity contribution is 5.91. The van der Waals surface area contributed by atoms with Gasteiger partial charge in [0.25, 0.3) is 6.43 Å². The summed E-state index contributed by atoms with van der Waals surface area (Å²) in [5.74, 6) is -1.61. The van der Waals surface area contributed by atoms with Gasteiger partial charge in [-0.25, -0.2) is 18.6 Å². The van der Waals surface area contributed by atoms with Crippen molar-refractivity contribution in [3.63, 3.8) is 0 Å². The van der Waals surface area contributed by atoms with Crippen molar-refractivity contribution in [1.82, 2.24) is 4.98 Å². The Balaban J connectivity index is 3.55. The number of carboxylic acids is 1. The third kappa shape index (κ3) is 2.12. The molecule has 5 nitrogen and oxygen atoms in total. The van der Waals surface area contributed by atoms with Crippen molar-refractivity contribution in [2.24, 2.45) is 5.73 Å². The molecule has 0 bridgehead atoms. The molecule has 1 aromatic heterocycles. The minimum absolute atomic E-state index is 0.0526. The number of hydrogen-bond acceptors (Lipinski definition) is 4. The molecule has 0 saturated carbocycles. The van der Waals surface area contributed by atoms with Crippen molar-refractivity contribution in [2.75, 3.05) is 0 Å². The zero-order valence-electron chi connectivity index (χ0n) is 7.94. The zero-order chi connectivity index (χ0) is 12.3. The maximum atomic E-state index is 12.6. The Kier molecular flexibility index (Phi) is 3.48. The average molecular weight is 227 g/mol. The maximum Gasteiger partial charge on any atom is 0.339 e. The fourth-order valence-electron chi connectivity index (χ4n) is 1.20. The summed E-state index contributed by atoms with van der Waals surface area (Å²) < 4.78 is 25.2. The van der Waals surface area contributed by atoms with Gasteiger partial charge in [-0.05, 0) is 6.07 Å². The predicted molar refractivity (Wildman–Crippen MR) is 48.8 cm³/mol. The van der Waals surface area contributed by atoms with Crippen molar-refractivity contribution < 1.29 is 18.7 Å². The number of hydrogen-bond donors (Lipinski definition) is 2. The molecule has 1 aromatic rings. The summed E-state index contributed by atoms with van der Waals surface area (Å²) in [6.07, 6.45) is -2.99. The lowest BCUT2D eigenvalue weighted by atomic mass is 10.1. The summed E-state index contributed by atoms with van der Waals surface area (Å²) in [6, 6.07) is 2.36. The van der Waals surface area contributed by atoms with E-state index in [1.54, 1.807) is 0 Å². The van der Waals surface area contributed by atoms with Crippen molar-refractivity contribution in [2.45, 2.75) is 13.0 Å². The highest BCUT2D eigenvalue weighted by Crippen LogP contribution is 2.25. The standard InChI is InChI=1S/C9H7F2N3O2/c10-8(11)5-1-4(2-12)14-6(3-13)7(5)9(15)16/h1,8H,2,12H2,(H,15,16). The first-order valence-corrected chi connectivity index (χ1v) is 4.16. The molecule has 7 heteroatoms.